The number of hydrogen-bond donors (Lipinski definition) is 0. The summed E-state index contributed by atoms with van der Waals surface area (Å²) in [4.78, 5) is 0. The smallest absolute Gasteiger partial charge is 0.00648 e. The molecule has 2 aliphatic rings. The standard InChI is InChI=1S/C16H19/c1-11(13-6-7-13)15-4-3-5-16(10-15)12(2)14-8-9-14/h3-5,12-14H,1,6-9H2,2H3/t12-/m1/s1. The fourth-order valence-corrected chi connectivity index (χ4v) is 2.44. The van der Waals surface area contributed by atoms with Crippen LogP contribution in [0.2, 0.25) is 0 Å². The van der Waals surface area contributed by atoms with Gasteiger partial charge in [-0.1, -0.05) is 31.7 Å². The number of benzene rings is 1. The van der Waals surface area contributed by atoms with Crippen molar-refractivity contribution in [1.82, 2.24) is 0 Å². The molecular formula is C16H19. The Bertz CT molecular complexity index is 408. The van der Waals surface area contributed by atoms with Crippen LogP contribution in [-0.2, 0) is 0 Å². The van der Waals surface area contributed by atoms with Crippen LogP contribution in [-0.4, -0.2) is 0 Å². The zero-order valence-corrected chi connectivity index (χ0v) is 10.00. The van der Waals surface area contributed by atoms with Crippen LogP contribution in [0, 0.1) is 17.9 Å². The molecule has 0 amide bonds. The van der Waals surface area contributed by atoms with Crippen molar-refractivity contribution >= 4 is 5.57 Å². The van der Waals surface area contributed by atoms with E-state index in [4.69, 9.17) is 0 Å². The van der Waals surface area contributed by atoms with Crippen LogP contribution in [0.4, 0.5) is 0 Å². The molecule has 16 heavy (non-hydrogen) atoms. The molecule has 0 aliphatic heterocycles. The van der Waals surface area contributed by atoms with Crippen molar-refractivity contribution in [3.05, 3.63) is 42.0 Å². The molecule has 1 atom stereocenters. The third-order valence-electron chi connectivity index (χ3n) is 4.05. The van der Waals surface area contributed by atoms with Crippen LogP contribution in [0.15, 0.2) is 24.8 Å². The van der Waals surface area contributed by atoms with E-state index in [0.717, 1.165) is 11.8 Å². The Kier molecular flexibility index (Phi) is 2.38. The average Bonchev–Trinajstić information content (AvgIpc) is 3.20. The van der Waals surface area contributed by atoms with Gasteiger partial charge in [-0.3, -0.25) is 0 Å². The lowest BCUT2D eigenvalue weighted by molar-refractivity contribution is 0.663. The van der Waals surface area contributed by atoms with E-state index in [9.17, 15) is 0 Å². The van der Waals surface area contributed by atoms with Gasteiger partial charge < -0.3 is 0 Å². The van der Waals surface area contributed by atoms with Crippen LogP contribution in [0.25, 0.3) is 5.57 Å². The van der Waals surface area contributed by atoms with Crippen LogP contribution in [0.1, 0.15) is 49.7 Å². The third-order valence-corrected chi connectivity index (χ3v) is 4.05. The summed E-state index contributed by atoms with van der Waals surface area (Å²) >= 11 is 0. The molecule has 0 unspecified atom stereocenters. The minimum atomic E-state index is 0.687. The summed E-state index contributed by atoms with van der Waals surface area (Å²) in [7, 11) is 0. The van der Waals surface area contributed by atoms with E-state index >= 15 is 0 Å². The van der Waals surface area contributed by atoms with Crippen LogP contribution >= 0.6 is 0 Å². The average molecular weight is 211 g/mol. The minimum absolute atomic E-state index is 0.687. The quantitative estimate of drug-likeness (QED) is 0.691. The molecule has 0 bridgehead atoms. The van der Waals surface area contributed by atoms with Gasteiger partial charge >= 0.3 is 0 Å². The molecule has 0 heteroatoms. The minimum Gasteiger partial charge on any atom is -0.0949 e. The molecular weight excluding hydrogens is 192 g/mol. The van der Waals surface area contributed by atoms with Gasteiger partial charge in [0.15, 0.2) is 0 Å². The van der Waals surface area contributed by atoms with E-state index in [2.05, 4.69) is 37.8 Å². The lowest BCUT2D eigenvalue weighted by Crippen LogP contribution is -1.97. The first-order valence-electron chi connectivity index (χ1n) is 6.47. The molecule has 0 aromatic heterocycles. The summed E-state index contributed by atoms with van der Waals surface area (Å²) in [6, 6.07) is 10.2. The molecule has 3 rings (SSSR count). The summed E-state index contributed by atoms with van der Waals surface area (Å²) < 4.78 is 0. The number of hydrogen-bond acceptors (Lipinski definition) is 0. The first kappa shape index (κ1) is 10.1. The molecule has 1 aromatic carbocycles. The molecule has 0 nitrogen and oxygen atoms in total. The monoisotopic (exact) mass is 211 g/mol. The fourth-order valence-electron chi connectivity index (χ4n) is 2.44. The lowest BCUT2D eigenvalue weighted by atomic mass is 9.92. The molecule has 1 radical (unpaired) electrons. The maximum Gasteiger partial charge on any atom is -0.00648 e. The molecule has 2 aliphatic carbocycles. The second kappa shape index (κ2) is 3.76. The molecule has 0 N–H and O–H groups in total. The Morgan fingerprint density at radius 2 is 2.06 bits per heavy atom. The molecule has 0 heterocycles. The fraction of sp³-hybridized carbons (Fsp3) is 0.500. The van der Waals surface area contributed by atoms with Gasteiger partial charge in [-0.25, -0.2) is 0 Å². The Morgan fingerprint density at radius 3 is 2.69 bits per heavy atom. The summed E-state index contributed by atoms with van der Waals surface area (Å²) in [6.07, 6.45) is 5.47. The van der Waals surface area contributed by atoms with Gasteiger partial charge in [0.05, 0.1) is 0 Å². The normalized spacial score (nSPS) is 21.8. The Morgan fingerprint density at radius 1 is 1.31 bits per heavy atom. The topological polar surface area (TPSA) is 0 Å². The van der Waals surface area contributed by atoms with Gasteiger partial charge in [0.2, 0.25) is 0 Å². The van der Waals surface area contributed by atoms with E-state index in [1.54, 1.807) is 0 Å². The molecule has 1 aromatic rings. The van der Waals surface area contributed by atoms with Crippen molar-refractivity contribution in [2.24, 2.45) is 11.8 Å². The van der Waals surface area contributed by atoms with E-state index in [-0.39, 0.29) is 0 Å². The molecule has 2 saturated carbocycles. The summed E-state index contributed by atoms with van der Waals surface area (Å²) in [6.45, 7) is 6.56. The van der Waals surface area contributed by atoms with Gasteiger partial charge in [-0.2, -0.15) is 0 Å². The maximum atomic E-state index is 4.22. The van der Waals surface area contributed by atoms with E-state index in [1.165, 1.54) is 42.4 Å². The highest BCUT2D eigenvalue weighted by molar-refractivity contribution is 5.67. The van der Waals surface area contributed by atoms with Crippen molar-refractivity contribution < 1.29 is 0 Å². The van der Waals surface area contributed by atoms with Crippen molar-refractivity contribution in [2.75, 3.05) is 0 Å². The van der Waals surface area contributed by atoms with Gasteiger partial charge in [-0.05, 0) is 66.2 Å². The maximum absolute atomic E-state index is 4.22. The predicted octanol–water partition coefficient (Wildman–Crippen LogP) is 4.42. The zero-order valence-electron chi connectivity index (χ0n) is 10.00. The van der Waals surface area contributed by atoms with Crippen molar-refractivity contribution in [3.63, 3.8) is 0 Å². The largest absolute Gasteiger partial charge is 0.0949 e. The number of rotatable bonds is 4. The lowest BCUT2D eigenvalue weighted by Gasteiger charge is -2.12. The molecule has 0 spiro atoms. The highest BCUT2D eigenvalue weighted by Gasteiger charge is 2.30. The Balaban J connectivity index is 1.83. The van der Waals surface area contributed by atoms with Crippen molar-refractivity contribution in [3.8, 4) is 0 Å². The first-order chi connectivity index (χ1) is 7.75. The molecule has 83 valence electrons. The van der Waals surface area contributed by atoms with Crippen molar-refractivity contribution in [2.45, 2.75) is 38.5 Å². The van der Waals surface area contributed by atoms with Gasteiger partial charge in [0.1, 0.15) is 0 Å². The van der Waals surface area contributed by atoms with Crippen LogP contribution in [0.3, 0.4) is 0 Å². The predicted molar refractivity (Wildman–Crippen MR) is 68.2 cm³/mol. The van der Waals surface area contributed by atoms with Gasteiger partial charge in [0, 0.05) is 0 Å². The summed E-state index contributed by atoms with van der Waals surface area (Å²) in [5.41, 5.74) is 3.96. The van der Waals surface area contributed by atoms with Crippen LogP contribution < -0.4 is 0 Å². The van der Waals surface area contributed by atoms with Crippen LogP contribution in [0.5, 0.6) is 0 Å². The SMILES string of the molecule is C=C(c1[c]c([C@H](C)C2CC2)ccc1)C1CC1. The highest BCUT2D eigenvalue weighted by atomic mass is 14.3. The van der Waals surface area contributed by atoms with E-state index in [1.807, 2.05) is 0 Å². The second-order valence-electron chi connectivity index (χ2n) is 5.45. The summed E-state index contributed by atoms with van der Waals surface area (Å²) in [5, 5.41) is 0. The Labute approximate surface area is 98.4 Å². The Hall–Kier alpha value is -1.04. The third kappa shape index (κ3) is 1.93. The number of allylic oxidation sites excluding steroid dienone is 1. The zero-order chi connectivity index (χ0) is 11.1. The summed E-state index contributed by atoms with van der Waals surface area (Å²) in [5.74, 6) is 2.36. The van der Waals surface area contributed by atoms with E-state index in [0.29, 0.717) is 5.92 Å². The molecule has 0 saturated heterocycles. The van der Waals surface area contributed by atoms with Gasteiger partial charge in [0.25, 0.3) is 0 Å². The first-order valence-corrected chi connectivity index (χ1v) is 6.47. The second-order valence-corrected chi connectivity index (χ2v) is 5.45. The van der Waals surface area contributed by atoms with Gasteiger partial charge in [-0.15, -0.1) is 0 Å². The van der Waals surface area contributed by atoms with Crippen molar-refractivity contribution in [1.29, 1.82) is 0 Å². The molecule has 2 fully saturated rings. The van der Waals surface area contributed by atoms with E-state index < -0.39 is 0 Å². The highest BCUT2D eigenvalue weighted by Crippen LogP contribution is 2.44.